The van der Waals surface area contributed by atoms with Gasteiger partial charge >= 0.3 is 6.01 Å². The van der Waals surface area contributed by atoms with Gasteiger partial charge < -0.3 is 15.4 Å². The minimum absolute atomic E-state index is 0.218. The molecule has 1 aromatic heterocycles. The Hall–Kier alpha value is -1.60. The maximum atomic E-state index is 6.12. The Kier molecular flexibility index (Phi) is 4.39. The molecule has 1 heterocycles. The summed E-state index contributed by atoms with van der Waals surface area (Å²) in [7, 11) is 3.20. The summed E-state index contributed by atoms with van der Waals surface area (Å²) in [6.07, 6.45) is 0. The van der Waals surface area contributed by atoms with Crippen LogP contribution in [0.5, 0.6) is 6.01 Å². The van der Waals surface area contributed by atoms with Gasteiger partial charge in [-0.15, -0.1) is 0 Å². The molecule has 0 aliphatic heterocycles. The van der Waals surface area contributed by atoms with Crippen LogP contribution in [0, 0.1) is 0 Å². The molecule has 8 heteroatoms. The van der Waals surface area contributed by atoms with Crippen LogP contribution in [0.2, 0.25) is 5.02 Å². The summed E-state index contributed by atoms with van der Waals surface area (Å²) in [6, 6.07) is 5.68. The number of anilines is 3. The normalized spacial score (nSPS) is 10.1. The third-order valence-corrected chi connectivity index (χ3v) is 3.00. The zero-order valence-electron chi connectivity index (χ0n) is 10.2. The van der Waals surface area contributed by atoms with E-state index in [0.29, 0.717) is 22.6 Å². The first-order valence-electron chi connectivity index (χ1n) is 5.32. The van der Waals surface area contributed by atoms with E-state index in [1.165, 1.54) is 7.11 Å². The van der Waals surface area contributed by atoms with E-state index >= 15 is 0 Å². The number of hydrogen-bond donors (Lipinski definition) is 2. The van der Waals surface area contributed by atoms with Crippen molar-refractivity contribution in [1.82, 2.24) is 15.0 Å². The first-order valence-corrected chi connectivity index (χ1v) is 6.49. The molecule has 2 rings (SSSR count). The van der Waals surface area contributed by atoms with Gasteiger partial charge in [0.1, 0.15) is 0 Å². The summed E-state index contributed by atoms with van der Waals surface area (Å²) >= 11 is 9.46. The van der Waals surface area contributed by atoms with Crippen molar-refractivity contribution in [2.75, 3.05) is 24.8 Å². The number of aromatic nitrogens is 3. The highest BCUT2D eigenvalue weighted by Crippen LogP contribution is 2.27. The molecule has 0 aliphatic carbocycles. The molecular weight excluding hydrogens is 334 g/mol. The summed E-state index contributed by atoms with van der Waals surface area (Å²) in [5, 5.41) is 6.40. The zero-order valence-corrected chi connectivity index (χ0v) is 12.6. The smallest absolute Gasteiger partial charge is 0.322 e. The van der Waals surface area contributed by atoms with Gasteiger partial charge in [0.2, 0.25) is 11.9 Å². The van der Waals surface area contributed by atoms with Gasteiger partial charge in [0.25, 0.3) is 0 Å². The van der Waals surface area contributed by atoms with Crippen molar-refractivity contribution in [1.29, 1.82) is 0 Å². The Morgan fingerprint density at radius 2 is 1.95 bits per heavy atom. The maximum absolute atomic E-state index is 6.12. The Balaban J connectivity index is 2.31. The fourth-order valence-electron chi connectivity index (χ4n) is 1.33. The molecule has 2 N–H and O–H groups in total. The van der Waals surface area contributed by atoms with Crippen LogP contribution in [0.3, 0.4) is 0 Å². The monoisotopic (exact) mass is 343 g/mol. The van der Waals surface area contributed by atoms with E-state index in [2.05, 4.69) is 41.5 Å². The number of rotatable bonds is 4. The van der Waals surface area contributed by atoms with Crippen LogP contribution in [0.1, 0.15) is 0 Å². The molecule has 0 saturated carbocycles. The van der Waals surface area contributed by atoms with Crippen LogP contribution in [0.4, 0.5) is 17.6 Å². The van der Waals surface area contributed by atoms with Crippen LogP contribution in [-0.2, 0) is 0 Å². The van der Waals surface area contributed by atoms with E-state index in [1.54, 1.807) is 13.1 Å². The fourth-order valence-corrected chi connectivity index (χ4v) is 2.05. The second-order valence-corrected chi connectivity index (χ2v) is 4.79. The highest BCUT2D eigenvalue weighted by atomic mass is 79.9. The minimum Gasteiger partial charge on any atom is -0.467 e. The second kappa shape index (κ2) is 6.03. The van der Waals surface area contributed by atoms with E-state index in [1.807, 2.05) is 12.1 Å². The first-order chi connectivity index (χ1) is 9.12. The molecule has 0 fully saturated rings. The standard InChI is InChI=1S/C11H11BrClN5O/c1-14-9-16-10(18-11(17-9)19-2)15-8-4-3-6(12)5-7(8)13/h3-5H,1-2H3,(H2,14,15,16,17,18). The number of halogens is 2. The molecule has 19 heavy (non-hydrogen) atoms. The van der Waals surface area contributed by atoms with Crippen molar-refractivity contribution in [2.24, 2.45) is 0 Å². The predicted molar refractivity (Wildman–Crippen MR) is 78.4 cm³/mol. The summed E-state index contributed by atoms with van der Waals surface area (Å²) in [6.45, 7) is 0. The van der Waals surface area contributed by atoms with Crippen molar-refractivity contribution in [3.63, 3.8) is 0 Å². The third kappa shape index (κ3) is 3.45. The van der Waals surface area contributed by atoms with Crippen molar-refractivity contribution >= 4 is 45.1 Å². The largest absolute Gasteiger partial charge is 0.467 e. The van der Waals surface area contributed by atoms with Gasteiger partial charge in [-0.1, -0.05) is 27.5 Å². The first kappa shape index (κ1) is 13.8. The van der Waals surface area contributed by atoms with Gasteiger partial charge in [-0.3, -0.25) is 0 Å². The summed E-state index contributed by atoms with van der Waals surface area (Å²) in [5.41, 5.74) is 0.695. The lowest BCUT2D eigenvalue weighted by molar-refractivity contribution is 0.379. The van der Waals surface area contributed by atoms with Crippen molar-refractivity contribution in [3.05, 3.63) is 27.7 Å². The van der Waals surface area contributed by atoms with Gasteiger partial charge in [0.15, 0.2) is 0 Å². The molecule has 0 amide bonds. The Bertz CT molecular complexity index is 573. The summed E-state index contributed by atoms with van der Waals surface area (Å²) in [4.78, 5) is 12.3. The summed E-state index contributed by atoms with van der Waals surface area (Å²) in [5.74, 6) is 0.753. The minimum atomic E-state index is 0.218. The van der Waals surface area contributed by atoms with Crippen molar-refractivity contribution < 1.29 is 4.74 Å². The lowest BCUT2D eigenvalue weighted by Gasteiger charge is -2.09. The lowest BCUT2D eigenvalue weighted by Crippen LogP contribution is -2.05. The van der Waals surface area contributed by atoms with Crippen LogP contribution in [0.25, 0.3) is 0 Å². The number of ether oxygens (including phenoxy) is 1. The van der Waals surface area contributed by atoms with Crippen LogP contribution >= 0.6 is 27.5 Å². The Labute approximate surface area is 123 Å². The predicted octanol–water partition coefficient (Wildman–Crippen LogP) is 3.08. The molecule has 0 unspecified atom stereocenters. The van der Waals surface area contributed by atoms with E-state index in [0.717, 1.165) is 4.47 Å². The number of nitrogens with one attached hydrogen (secondary N) is 2. The van der Waals surface area contributed by atoms with Crippen molar-refractivity contribution in [3.8, 4) is 6.01 Å². The maximum Gasteiger partial charge on any atom is 0.322 e. The number of nitrogens with zero attached hydrogens (tertiary/aromatic N) is 3. The molecule has 0 radical (unpaired) electrons. The fraction of sp³-hybridized carbons (Fsp3) is 0.182. The molecule has 0 saturated heterocycles. The van der Waals surface area contributed by atoms with Crippen molar-refractivity contribution in [2.45, 2.75) is 0 Å². The van der Waals surface area contributed by atoms with Gasteiger partial charge in [0, 0.05) is 11.5 Å². The molecule has 2 aromatic rings. The molecular formula is C11H11BrClN5O. The van der Waals surface area contributed by atoms with E-state index in [-0.39, 0.29) is 6.01 Å². The average Bonchev–Trinajstić information content (AvgIpc) is 2.41. The Morgan fingerprint density at radius 3 is 2.58 bits per heavy atom. The molecule has 0 atom stereocenters. The topological polar surface area (TPSA) is 72.0 Å². The SMILES string of the molecule is CNc1nc(Nc2ccc(Br)cc2Cl)nc(OC)n1. The van der Waals surface area contributed by atoms with E-state index in [4.69, 9.17) is 16.3 Å². The molecule has 1 aromatic carbocycles. The van der Waals surface area contributed by atoms with E-state index in [9.17, 15) is 0 Å². The quantitative estimate of drug-likeness (QED) is 0.888. The highest BCUT2D eigenvalue weighted by molar-refractivity contribution is 9.10. The molecule has 0 aliphatic rings. The van der Waals surface area contributed by atoms with Gasteiger partial charge in [0.05, 0.1) is 17.8 Å². The highest BCUT2D eigenvalue weighted by Gasteiger charge is 2.08. The third-order valence-electron chi connectivity index (χ3n) is 2.20. The number of benzene rings is 1. The van der Waals surface area contributed by atoms with Crippen LogP contribution < -0.4 is 15.4 Å². The number of hydrogen-bond acceptors (Lipinski definition) is 6. The molecule has 0 bridgehead atoms. The summed E-state index contributed by atoms with van der Waals surface area (Å²) < 4.78 is 5.90. The lowest BCUT2D eigenvalue weighted by atomic mass is 10.3. The Morgan fingerprint density at radius 1 is 1.21 bits per heavy atom. The van der Waals surface area contributed by atoms with Gasteiger partial charge in [-0.25, -0.2) is 0 Å². The zero-order chi connectivity index (χ0) is 13.8. The van der Waals surface area contributed by atoms with E-state index < -0.39 is 0 Å². The average molecular weight is 345 g/mol. The van der Waals surface area contributed by atoms with Crippen LogP contribution in [0.15, 0.2) is 22.7 Å². The van der Waals surface area contributed by atoms with Crippen LogP contribution in [-0.4, -0.2) is 29.1 Å². The van der Waals surface area contributed by atoms with Gasteiger partial charge in [-0.05, 0) is 18.2 Å². The van der Waals surface area contributed by atoms with Gasteiger partial charge in [-0.2, -0.15) is 15.0 Å². The second-order valence-electron chi connectivity index (χ2n) is 3.47. The number of methoxy groups -OCH3 is 1. The molecule has 0 spiro atoms. The molecule has 6 nitrogen and oxygen atoms in total. The molecule has 100 valence electrons.